The lowest BCUT2D eigenvalue weighted by Gasteiger charge is -2.22. The number of amides is 1. The van der Waals surface area contributed by atoms with E-state index in [1.54, 1.807) is 4.90 Å². The monoisotopic (exact) mass is 344 g/mol. The Bertz CT molecular complexity index is 764. The van der Waals surface area contributed by atoms with Gasteiger partial charge in [0, 0.05) is 13.6 Å². The van der Waals surface area contributed by atoms with Crippen molar-refractivity contribution < 1.29 is 4.79 Å². The Morgan fingerprint density at radius 2 is 1.27 bits per heavy atom. The minimum Gasteiger partial charge on any atom is -0.340 e. The molecule has 0 saturated carbocycles. The third-order valence-electron chi connectivity index (χ3n) is 4.41. The Kier molecular flexibility index (Phi) is 6.18. The first-order valence-corrected chi connectivity index (χ1v) is 8.85. The Balaban J connectivity index is 1.67. The van der Waals surface area contributed by atoms with Crippen LogP contribution in [0.3, 0.4) is 0 Å². The lowest BCUT2D eigenvalue weighted by Crippen LogP contribution is -2.37. The number of hydrogen-bond donors (Lipinski definition) is 1. The van der Waals surface area contributed by atoms with Crippen LogP contribution in [0.4, 0.5) is 0 Å². The van der Waals surface area contributed by atoms with Crippen molar-refractivity contribution in [3.8, 4) is 0 Å². The van der Waals surface area contributed by atoms with Crippen molar-refractivity contribution in [2.45, 2.75) is 12.6 Å². The van der Waals surface area contributed by atoms with Gasteiger partial charge in [0.15, 0.2) is 0 Å². The van der Waals surface area contributed by atoms with Crippen LogP contribution >= 0.6 is 0 Å². The lowest BCUT2D eigenvalue weighted by molar-refractivity contribution is -0.129. The van der Waals surface area contributed by atoms with Crippen molar-refractivity contribution in [2.24, 2.45) is 0 Å². The van der Waals surface area contributed by atoms with Crippen molar-refractivity contribution >= 4 is 5.91 Å². The quantitative estimate of drug-likeness (QED) is 0.702. The molecule has 0 fully saturated rings. The number of likely N-dealkylation sites (N-methyl/N-ethyl adjacent to an activating group) is 1. The van der Waals surface area contributed by atoms with E-state index in [1.165, 1.54) is 0 Å². The van der Waals surface area contributed by atoms with Crippen LogP contribution in [0.5, 0.6) is 0 Å². The molecule has 3 rings (SSSR count). The molecule has 3 aromatic carbocycles. The minimum absolute atomic E-state index is 0.00789. The molecule has 0 aliphatic heterocycles. The number of carbonyl (C=O) groups is 1. The van der Waals surface area contributed by atoms with Crippen molar-refractivity contribution in [3.63, 3.8) is 0 Å². The van der Waals surface area contributed by atoms with E-state index in [2.05, 4.69) is 29.6 Å². The molecule has 132 valence electrons. The number of carbonyl (C=O) groups excluding carboxylic acids is 1. The molecule has 0 aromatic heterocycles. The molecular formula is C23H24N2O. The summed E-state index contributed by atoms with van der Waals surface area (Å²) in [7, 11) is 1.84. The highest BCUT2D eigenvalue weighted by Gasteiger charge is 2.16. The summed E-state index contributed by atoms with van der Waals surface area (Å²) in [4.78, 5) is 14.3. The molecule has 0 bridgehead atoms. The van der Waals surface area contributed by atoms with Gasteiger partial charge < -0.3 is 4.90 Å². The minimum atomic E-state index is -0.00789. The molecule has 0 atom stereocenters. The number of benzene rings is 3. The second-order valence-corrected chi connectivity index (χ2v) is 6.37. The molecule has 1 amide bonds. The van der Waals surface area contributed by atoms with Gasteiger partial charge in [-0.2, -0.15) is 0 Å². The van der Waals surface area contributed by atoms with E-state index < -0.39 is 0 Å². The molecule has 26 heavy (non-hydrogen) atoms. The van der Waals surface area contributed by atoms with Gasteiger partial charge in [0.25, 0.3) is 0 Å². The van der Waals surface area contributed by atoms with Crippen LogP contribution in [0.2, 0.25) is 0 Å². The van der Waals surface area contributed by atoms with Gasteiger partial charge in [-0.1, -0.05) is 91.0 Å². The van der Waals surface area contributed by atoms with Crippen LogP contribution in [-0.4, -0.2) is 24.4 Å². The van der Waals surface area contributed by atoms with Crippen LogP contribution < -0.4 is 5.32 Å². The van der Waals surface area contributed by atoms with E-state index in [0.29, 0.717) is 6.54 Å². The predicted octanol–water partition coefficient (Wildman–Crippen LogP) is 4.02. The first kappa shape index (κ1) is 17.9. The highest BCUT2D eigenvalue weighted by atomic mass is 16.2. The molecule has 1 N–H and O–H groups in total. The fourth-order valence-corrected chi connectivity index (χ4v) is 2.99. The fourth-order valence-electron chi connectivity index (χ4n) is 2.99. The average Bonchev–Trinajstić information content (AvgIpc) is 2.70. The predicted molar refractivity (Wildman–Crippen MR) is 106 cm³/mol. The Morgan fingerprint density at radius 1 is 0.808 bits per heavy atom. The van der Waals surface area contributed by atoms with Gasteiger partial charge in [-0.25, -0.2) is 0 Å². The molecule has 0 heterocycles. The largest absolute Gasteiger partial charge is 0.340 e. The zero-order valence-electron chi connectivity index (χ0n) is 15.0. The summed E-state index contributed by atoms with van der Waals surface area (Å²) in [6, 6.07) is 30.5. The van der Waals surface area contributed by atoms with E-state index in [1.807, 2.05) is 73.8 Å². The summed E-state index contributed by atoms with van der Waals surface area (Å²) in [5.41, 5.74) is 3.43. The summed E-state index contributed by atoms with van der Waals surface area (Å²) in [5.74, 6) is 0.0747. The molecular weight excluding hydrogens is 320 g/mol. The third kappa shape index (κ3) is 4.80. The Labute approximate surface area is 155 Å². The van der Waals surface area contributed by atoms with Crippen LogP contribution in [0.15, 0.2) is 91.0 Å². The zero-order valence-corrected chi connectivity index (χ0v) is 15.0. The standard InChI is InChI=1S/C23H24N2O/c1-25(18-19-11-5-2-6-12-19)22(26)17-24-23(20-13-7-3-8-14-20)21-15-9-4-10-16-21/h2-16,23-24H,17-18H2,1H3. The van der Waals surface area contributed by atoms with Gasteiger partial charge >= 0.3 is 0 Å². The van der Waals surface area contributed by atoms with Crippen LogP contribution in [0, 0.1) is 0 Å². The maximum atomic E-state index is 12.6. The molecule has 0 unspecified atom stereocenters. The lowest BCUT2D eigenvalue weighted by atomic mass is 9.99. The topological polar surface area (TPSA) is 32.3 Å². The second-order valence-electron chi connectivity index (χ2n) is 6.37. The summed E-state index contributed by atoms with van der Waals surface area (Å²) < 4.78 is 0. The molecule has 3 heteroatoms. The van der Waals surface area contributed by atoms with Crippen LogP contribution in [-0.2, 0) is 11.3 Å². The van der Waals surface area contributed by atoms with Gasteiger partial charge in [-0.15, -0.1) is 0 Å². The molecule has 0 spiro atoms. The van der Waals surface area contributed by atoms with E-state index in [0.717, 1.165) is 16.7 Å². The molecule has 0 aliphatic rings. The number of hydrogen-bond acceptors (Lipinski definition) is 2. The van der Waals surface area contributed by atoms with Gasteiger partial charge in [-0.3, -0.25) is 10.1 Å². The Hall–Kier alpha value is -2.91. The number of nitrogens with one attached hydrogen (secondary N) is 1. The van der Waals surface area contributed by atoms with E-state index in [4.69, 9.17) is 0 Å². The normalized spacial score (nSPS) is 10.7. The number of rotatable bonds is 7. The van der Waals surface area contributed by atoms with Crippen molar-refractivity contribution in [1.29, 1.82) is 0 Å². The van der Waals surface area contributed by atoms with Crippen LogP contribution in [0.25, 0.3) is 0 Å². The van der Waals surface area contributed by atoms with Crippen molar-refractivity contribution in [1.82, 2.24) is 10.2 Å². The average molecular weight is 344 g/mol. The summed E-state index contributed by atoms with van der Waals surface area (Å²) in [6.45, 7) is 0.903. The smallest absolute Gasteiger partial charge is 0.236 e. The van der Waals surface area contributed by atoms with E-state index in [-0.39, 0.29) is 18.5 Å². The van der Waals surface area contributed by atoms with E-state index >= 15 is 0 Å². The number of nitrogens with zero attached hydrogens (tertiary/aromatic N) is 1. The molecule has 0 radical (unpaired) electrons. The second kappa shape index (κ2) is 8.97. The maximum Gasteiger partial charge on any atom is 0.236 e. The van der Waals surface area contributed by atoms with Crippen molar-refractivity contribution in [3.05, 3.63) is 108 Å². The Morgan fingerprint density at radius 3 is 1.77 bits per heavy atom. The van der Waals surface area contributed by atoms with Crippen LogP contribution in [0.1, 0.15) is 22.7 Å². The highest BCUT2D eigenvalue weighted by molar-refractivity contribution is 5.78. The first-order chi connectivity index (χ1) is 12.7. The molecule has 0 aliphatic carbocycles. The highest BCUT2D eigenvalue weighted by Crippen LogP contribution is 2.21. The summed E-state index contributed by atoms with van der Waals surface area (Å²) in [6.07, 6.45) is 0. The third-order valence-corrected chi connectivity index (χ3v) is 4.41. The fraction of sp³-hybridized carbons (Fsp3) is 0.174. The maximum absolute atomic E-state index is 12.6. The van der Waals surface area contributed by atoms with E-state index in [9.17, 15) is 4.79 Å². The molecule has 3 nitrogen and oxygen atoms in total. The van der Waals surface area contributed by atoms with Gasteiger partial charge in [0.2, 0.25) is 5.91 Å². The van der Waals surface area contributed by atoms with Gasteiger partial charge in [0.05, 0.1) is 12.6 Å². The van der Waals surface area contributed by atoms with Gasteiger partial charge in [0.1, 0.15) is 0 Å². The molecule has 3 aromatic rings. The zero-order chi connectivity index (χ0) is 18.2. The first-order valence-electron chi connectivity index (χ1n) is 8.85. The molecule has 0 saturated heterocycles. The SMILES string of the molecule is CN(Cc1ccccc1)C(=O)CNC(c1ccccc1)c1ccccc1. The van der Waals surface area contributed by atoms with Gasteiger partial charge in [-0.05, 0) is 16.7 Å². The summed E-state index contributed by atoms with van der Waals surface area (Å²) in [5, 5.41) is 3.43. The summed E-state index contributed by atoms with van der Waals surface area (Å²) >= 11 is 0. The van der Waals surface area contributed by atoms with Crippen molar-refractivity contribution in [2.75, 3.05) is 13.6 Å².